The highest BCUT2D eigenvalue weighted by molar-refractivity contribution is 14.1. The van der Waals surface area contributed by atoms with Crippen molar-refractivity contribution in [1.29, 1.82) is 5.26 Å². The van der Waals surface area contributed by atoms with Gasteiger partial charge in [-0.1, -0.05) is 30.3 Å². The van der Waals surface area contributed by atoms with E-state index < -0.39 is 23.7 Å². The Morgan fingerprint density at radius 1 is 1.16 bits per heavy atom. The van der Waals surface area contributed by atoms with Gasteiger partial charge in [-0.05, 0) is 52.8 Å². The highest BCUT2D eigenvalue weighted by Gasteiger charge is 2.44. The molecule has 2 aromatic rings. The molecule has 3 rings (SSSR count). The van der Waals surface area contributed by atoms with E-state index in [4.69, 9.17) is 15.2 Å². The molecule has 0 aromatic heterocycles. The Bertz CT molecular complexity index is 1180. The second kappa shape index (κ2) is 9.40. The zero-order valence-corrected chi connectivity index (χ0v) is 19.6. The zero-order valence-electron chi connectivity index (χ0n) is 17.5. The van der Waals surface area contributed by atoms with E-state index in [9.17, 15) is 14.9 Å². The summed E-state index contributed by atoms with van der Waals surface area (Å²) in [6, 6.07) is 13.6. The molecule has 1 atom stereocenters. The number of hydrogen-bond donors (Lipinski definition) is 1. The van der Waals surface area contributed by atoms with Crippen LogP contribution in [-0.2, 0) is 19.1 Å². The number of esters is 2. The maximum absolute atomic E-state index is 15.2. The lowest BCUT2D eigenvalue weighted by Gasteiger charge is -2.36. The maximum Gasteiger partial charge on any atom is 0.355 e. The Morgan fingerprint density at radius 3 is 2.31 bits per heavy atom. The molecule has 0 aliphatic carbocycles. The first-order valence-corrected chi connectivity index (χ1v) is 10.5. The minimum atomic E-state index is -1.01. The lowest BCUT2D eigenvalue weighted by molar-refractivity contribution is -0.139. The van der Waals surface area contributed by atoms with Gasteiger partial charge < -0.3 is 15.2 Å². The van der Waals surface area contributed by atoms with Gasteiger partial charge >= 0.3 is 11.9 Å². The third-order valence-corrected chi connectivity index (χ3v) is 5.82. The Labute approximate surface area is 198 Å². The molecule has 9 heteroatoms. The van der Waals surface area contributed by atoms with Crippen LogP contribution < -0.4 is 10.6 Å². The van der Waals surface area contributed by atoms with Gasteiger partial charge in [0.05, 0.1) is 43.0 Å². The van der Waals surface area contributed by atoms with E-state index in [1.165, 1.54) is 6.07 Å². The molecule has 1 unspecified atom stereocenters. The van der Waals surface area contributed by atoms with E-state index >= 15 is 4.39 Å². The van der Waals surface area contributed by atoms with E-state index in [-0.39, 0.29) is 28.4 Å². The van der Waals surface area contributed by atoms with Gasteiger partial charge in [-0.2, -0.15) is 5.26 Å². The quantitative estimate of drug-likeness (QED) is 0.461. The molecule has 0 radical (unpaired) electrons. The summed E-state index contributed by atoms with van der Waals surface area (Å²) >= 11 is 1.91. The van der Waals surface area contributed by atoms with Crippen LogP contribution in [0.4, 0.5) is 10.1 Å². The topological polar surface area (TPSA) is 106 Å². The number of rotatable bonds is 4. The molecule has 2 N–H and O–H groups in total. The summed E-state index contributed by atoms with van der Waals surface area (Å²) in [5, 5.41) is 9.99. The number of benzene rings is 2. The molecule has 0 saturated heterocycles. The molecule has 0 spiro atoms. The maximum atomic E-state index is 15.2. The molecule has 32 heavy (non-hydrogen) atoms. The molecule has 0 amide bonds. The minimum Gasteiger partial charge on any atom is -0.466 e. The van der Waals surface area contributed by atoms with Gasteiger partial charge in [0.15, 0.2) is 0 Å². The average molecular weight is 547 g/mol. The van der Waals surface area contributed by atoms with Crippen molar-refractivity contribution >= 4 is 40.2 Å². The number of ether oxygens (including phenoxy) is 2. The predicted molar refractivity (Wildman–Crippen MR) is 123 cm³/mol. The van der Waals surface area contributed by atoms with Gasteiger partial charge in [-0.25, -0.2) is 14.0 Å². The molecule has 0 fully saturated rings. The minimum absolute atomic E-state index is 0.0278. The summed E-state index contributed by atoms with van der Waals surface area (Å²) in [5.41, 5.74) is 6.97. The van der Waals surface area contributed by atoms with Crippen molar-refractivity contribution in [1.82, 2.24) is 0 Å². The Hall–Kier alpha value is -3.39. The van der Waals surface area contributed by atoms with Gasteiger partial charge in [0, 0.05) is 3.57 Å². The van der Waals surface area contributed by atoms with Crippen LogP contribution in [0.15, 0.2) is 65.1 Å². The van der Waals surface area contributed by atoms with Crippen LogP contribution in [-0.4, -0.2) is 26.2 Å². The van der Waals surface area contributed by atoms with Crippen molar-refractivity contribution in [2.24, 2.45) is 5.73 Å². The number of nitrogens with two attached hydrogens (primary N) is 1. The Balaban J connectivity index is 2.48. The molecule has 7 nitrogen and oxygen atoms in total. The van der Waals surface area contributed by atoms with Crippen molar-refractivity contribution in [3.8, 4) is 6.07 Å². The summed E-state index contributed by atoms with van der Waals surface area (Å²) in [6.07, 6.45) is 0. The fraction of sp³-hybridized carbons (Fsp3) is 0.174. The first kappa shape index (κ1) is 23.3. The summed E-state index contributed by atoms with van der Waals surface area (Å²) in [5.74, 6) is -3.67. The SMILES string of the molecule is COC(=O)C1=C(C(=O)OC)N(c2c(F)cc(C)cc2I)C(N)=C(C#N)C1c1ccccc1. The van der Waals surface area contributed by atoms with Gasteiger partial charge in [0.25, 0.3) is 0 Å². The van der Waals surface area contributed by atoms with Crippen LogP contribution >= 0.6 is 22.6 Å². The number of nitriles is 1. The van der Waals surface area contributed by atoms with Gasteiger partial charge in [-0.15, -0.1) is 0 Å². The predicted octanol–water partition coefficient (Wildman–Crippen LogP) is 3.64. The van der Waals surface area contributed by atoms with Crippen molar-refractivity contribution < 1.29 is 23.5 Å². The second-order valence-electron chi connectivity index (χ2n) is 6.91. The number of methoxy groups -OCH3 is 2. The summed E-state index contributed by atoms with van der Waals surface area (Å²) in [4.78, 5) is 27.0. The third kappa shape index (κ3) is 3.93. The molecule has 1 heterocycles. The third-order valence-electron chi connectivity index (χ3n) is 5.00. The fourth-order valence-electron chi connectivity index (χ4n) is 3.65. The highest BCUT2D eigenvalue weighted by Crippen LogP contribution is 2.44. The standard InChI is InChI=1S/C23H19FIN3O4/c1-12-9-15(24)19(16(25)10-12)28-20(23(30)32-3)18(22(29)31-2)17(14(11-26)21(28)27)13-7-5-4-6-8-13/h4-10,17H,27H2,1-3H3. The Morgan fingerprint density at radius 2 is 1.78 bits per heavy atom. The zero-order chi connectivity index (χ0) is 23.6. The van der Waals surface area contributed by atoms with E-state index in [1.807, 2.05) is 28.7 Å². The first-order chi connectivity index (χ1) is 15.3. The molecular formula is C23H19FIN3O4. The number of hydrogen-bond acceptors (Lipinski definition) is 7. The molecule has 0 saturated carbocycles. The normalized spacial score (nSPS) is 16.0. The van der Waals surface area contributed by atoms with Crippen LogP contribution in [0, 0.1) is 27.6 Å². The van der Waals surface area contributed by atoms with Crippen molar-refractivity contribution in [3.63, 3.8) is 0 Å². The monoisotopic (exact) mass is 547 g/mol. The Kier molecular flexibility index (Phi) is 6.84. The number of halogens is 2. The van der Waals surface area contributed by atoms with Crippen LogP contribution in [0.1, 0.15) is 17.0 Å². The molecule has 164 valence electrons. The van der Waals surface area contributed by atoms with Crippen LogP contribution in [0.3, 0.4) is 0 Å². The van der Waals surface area contributed by atoms with Gasteiger partial charge in [0.1, 0.15) is 17.3 Å². The van der Waals surface area contributed by atoms with Gasteiger partial charge in [0.2, 0.25) is 0 Å². The van der Waals surface area contributed by atoms with Crippen LogP contribution in [0.5, 0.6) is 0 Å². The molecule has 2 aromatic carbocycles. The lowest BCUT2D eigenvalue weighted by Crippen LogP contribution is -2.41. The number of carbonyl (C=O) groups excluding carboxylic acids is 2. The number of aryl methyl sites for hydroxylation is 1. The van der Waals surface area contributed by atoms with Crippen LogP contribution in [0.2, 0.25) is 0 Å². The van der Waals surface area contributed by atoms with E-state index in [1.54, 1.807) is 43.3 Å². The number of anilines is 1. The molecule has 1 aliphatic heterocycles. The first-order valence-electron chi connectivity index (χ1n) is 9.38. The highest BCUT2D eigenvalue weighted by atomic mass is 127. The van der Waals surface area contributed by atoms with E-state index in [0.717, 1.165) is 19.1 Å². The van der Waals surface area contributed by atoms with Crippen LogP contribution in [0.25, 0.3) is 0 Å². The van der Waals surface area contributed by atoms with Gasteiger partial charge in [-0.3, -0.25) is 4.90 Å². The number of allylic oxidation sites excluding steroid dienone is 1. The summed E-state index contributed by atoms with van der Waals surface area (Å²) in [7, 11) is 2.29. The number of carbonyl (C=O) groups is 2. The molecular weight excluding hydrogens is 528 g/mol. The average Bonchev–Trinajstić information content (AvgIpc) is 2.78. The van der Waals surface area contributed by atoms with Crippen molar-refractivity contribution in [2.75, 3.05) is 19.1 Å². The largest absolute Gasteiger partial charge is 0.466 e. The summed E-state index contributed by atoms with van der Waals surface area (Å²) < 4.78 is 25.5. The fourth-order valence-corrected chi connectivity index (χ4v) is 4.64. The lowest BCUT2D eigenvalue weighted by atomic mass is 9.81. The number of nitrogens with zero attached hydrogens (tertiary/aromatic N) is 2. The smallest absolute Gasteiger partial charge is 0.355 e. The second-order valence-corrected chi connectivity index (χ2v) is 8.07. The molecule has 1 aliphatic rings. The van der Waals surface area contributed by atoms with E-state index in [2.05, 4.69) is 0 Å². The van der Waals surface area contributed by atoms with Crippen molar-refractivity contribution in [3.05, 3.63) is 85.6 Å². The van der Waals surface area contributed by atoms with Crippen molar-refractivity contribution in [2.45, 2.75) is 12.8 Å². The molecule has 0 bridgehead atoms. The van der Waals surface area contributed by atoms with E-state index in [0.29, 0.717) is 14.7 Å². The summed E-state index contributed by atoms with van der Waals surface area (Å²) in [6.45, 7) is 1.72.